The Morgan fingerprint density at radius 3 is 3.00 bits per heavy atom. The van der Waals surface area contributed by atoms with E-state index in [4.69, 9.17) is 9.47 Å². The van der Waals surface area contributed by atoms with Gasteiger partial charge in [0.2, 0.25) is 0 Å². The molecule has 2 atom stereocenters. The average molecular weight is 290 g/mol. The van der Waals surface area contributed by atoms with Crippen molar-refractivity contribution in [2.45, 2.75) is 45.4 Å². The number of carbonyl (C=O) groups is 1. The molecule has 1 aromatic rings. The van der Waals surface area contributed by atoms with Gasteiger partial charge >= 0.3 is 6.03 Å². The first kappa shape index (κ1) is 14.0. The molecule has 114 valence electrons. The van der Waals surface area contributed by atoms with Gasteiger partial charge in [0.15, 0.2) is 5.72 Å². The van der Waals surface area contributed by atoms with Gasteiger partial charge in [-0.1, -0.05) is 6.92 Å². The molecule has 1 fully saturated rings. The van der Waals surface area contributed by atoms with Gasteiger partial charge in [-0.3, -0.25) is 4.90 Å². The average Bonchev–Trinajstić information content (AvgIpc) is 2.43. The van der Waals surface area contributed by atoms with Crippen LogP contribution >= 0.6 is 0 Å². The molecule has 2 amide bonds. The molecule has 2 heterocycles. The highest BCUT2D eigenvalue weighted by Crippen LogP contribution is 2.45. The Hall–Kier alpha value is -1.91. The molecule has 1 saturated heterocycles. The van der Waals surface area contributed by atoms with Crippen LogP contribution in [-0.4, -0.2) is 29.8 Å². The van der Waals surface area contributed by atoms with Gasteiger partial charge in [-0.25, -0.2) is 4.79 Å². The third-order valence-electron chi connectivity index (χ3n) is 4.15. The van der Waals surface area contributed by atoms with E-state index in [0.717, 1.165) is 29.9 Å². The van der Waals surface area contributed by atoms with Crippen LogP contribution in [0.15, 0.2) is 18.2 Å². The summed E-state index contributed by atoms with van der Waals surface area (Å²) in [6.07, 6.45) is 1.67. The Balaban J connectivity index is 1.97. The van der Waals surface area contributed by atoms with E-state index >= 15 is 0 Å². The molecule has 0 aliphatic carbocycles. The zero-order valence-corrected chi connectivity index (χ0v) is 12.8. The predicted octanol–water partition coefficient (Wildman–Crippen LogP) is 3.06. The number of nitrogens with one attached hydrogen (secondary N) is 1. The summed E-state index contributed by atoms with van der Waals surface area (Å²) in [7, 11) is 0. The molecule has 0 spiro atoms. The molecule has 0 radical (unpaired) electrons. The van der Waals surface area contributed by atoms with Crippen LogP contribution in [0.1, 0.15) is 45.2 Å². The summed E-state index contributed by atoms with van der Waals surface area (Å²) in [6.45, 7) is 7.32. The SMILES string of the molecule is CCCN1C(=O)NC2CC1(C)Oc1cc(OCC)ccc12. The standard InChI is InChI=1S/C16H22N2O3/c1-4-8-18-15(19)17-13-10-16(18,3)21-14-9-11(20-5-2)6-7-12(13)14/h6-7,9,13H,4-5,8,10H2,1-3H3,(H,17,19). The topological polar surface area (TPSA) is 50.8 Å². The van der Waals surface area contributed by atoms with E-state index in [-0.39, 0.29) is 12.1 Å². The van der Waals surface area contributed by atoms with Crippen LogP contribution in [0, 0.1) is 0 Å². The lowest BCUT2D eigenvalue weighted by Gasteiger charge is -2.50. The third kappa shape index (κ3) is 2.30. The van der Waals surface area contributed by atoms with Gasteiger partial charge in [0.1, 0.15) is 11.5 Å². The van der Waals surface area contributed by atoms with Crippen molar-refractivity contribution in [3.63, 3.8) is 0 Å². The van der Waals surface area contributed by atoms with E-state index in [9.17, 15) is 4.79 Å². The summed E-state index contributed by atoms with van der Waals surface area (Å²) in [4.78, 5) is 14.1. The molecule has 5 nitrogen and oxygen atoms in total. The molecule has 21 heavy (non-hydrogen) atoms. The molecule has 1 aromatic carbocycles. The maximum absolute atomic E-state index is 12.3. The van der Waals surface area contributed by atoms with Crippen LogP contribution in [0.25, 0.3) is 0 Å². The number of carbonyl (C=O) groups excluding carboxylic acids is 1. The summed E-state index contributed by atoms with van der Waals surface area (Å²) in [5.74, 6) is 1.61. The van der Waals surface area contributed by atoms with E-state index in [1.54, 1.807) is 4.90 Å². The molecule has 5 heteroatoms. The van der Waals surface area contributed by atoms with E-state index in [2.05, 4.69) is 12.2 Å². The Morgan fingerprint density at radius 1 is 1.48 bits per heavy atom. The maximum atomic E-state index is 12.3. The van der Waals surface area contributed by atoms with Gasteiger partial charge in [0.05, 0.1) is 12.6 Å². The minimum absolute atomic E-state index is 0.00929. The number of nitrogens with zero attached hydrogens (tertiary/aromatic N) is 1. The van der Waals surface area contributed by atoms with Crippen molar-refractivity contribution in [2.24, 2.45) is 0 Å². The van der Waals surface area contributed by atoms with E-state index in [0.29, 0.717) is 13.2 Å². The third-order valence-corrected chi connectivity index (χ3v) is 4.15. The van der Waals surface area contributed by atoms with Crippen molar-refractivity contribution in [1.82, 2.24) is 10.2 Å². The zero-order chi connectivity index (χ0) is 15.0. The summed E-state index contributed by atoms with van der Waals surface area (Å²) in [5, 5.41) is 3.08. The first-order valence-electron chi connectivity index (χ1n) is 7.61. The molecule has 2 bridgehead atoms. The second-order valence-corrected chi connectivity index (χ2v) is 5.77. The van der Waals surface area contributed by atoms with Crippen molar-refractivity contribution in [2.75, 3.05) is 13.2 Å². The van der Waals surface area contributed by atoms with Gasteiger partial charge in [0, 0.05) is 24.6 Å². The van der Waals surface area contributed by atoms with Crippen molar-refractivity contribution in [1.29, 1.82) is 0 Å². The molecule has 2 unspecified atom stereocenters. The van der Waals surface area contributed by atoms with Crippen LogP contribution in [0.2, 0.25) is 0 Å². The number of amides is 2. The molecular weight excluding hydrogens is 268 g/mol. The van der Waals surface area contributed by atoms with E-state index in [1.807, 2.05) is 32.0 Å². The van der Waals surface area contributed by atoms with Gasteiger partial charge in [-0.05, 0) is 32.4 Å². The van der Waals surface area contributed by atoms with Crippen LogP contribution in [0.5, 0.6) is 11.5 Å². The largest absolute Gasteiger partial charge is 0.494 e. The highest BCUT2D eigenvalue weighted by atomic mass is 16.5. The molecule has 0 saturated carbocycles. The van der Waals surface area contributed by atoms with Crippen LogP contribution in [-0.2, 0) is 0 Å². The number of fused-ring (bicyclic) bond motifs is 4. The number of rotatable bonds is 4. The number of urea groups is 1. The number of ether oxygens (including phenoxy) is 2. The lowest BCUT2D eigenvalue weighted by atomic mass is 9.90. The smallest absolute Gasteiger partial charge is 0.320 e. The van der Waals surface area contributed by atoms with Gasteiger partial charge in [0.25, 0.3) is 0 Å². The molecule has 2 aliphatic heterocycles. The lowest BCUT2D eigenvalue weighted by Crippen LogP contribution is -2.64. The highest BCUT2D eigenvalue weighted by Gasteiger charge is 2.48. The highest BCUT2D eigenvalue weighted by molar-refractivity contribution is 5.77. The first-order chi connectivity index (χ1) is 10.1. The normalized spacial score (nSPS) is 26.7. The summed E-state index contributed by atoms with van der Waals surface area (Å²) >= 11 is 0. The molecule has 0 aromatic heterocycles. The fraction of sp³-hybridized carbons (Fsp3) is 0.562. The van der Waals surface area contributed by atoms with E-state index < -0.39 is 5.72 Å². The van der Waals surface area contributed by atoms with E-state index in [1.165, 1.54) is 0 Å². The lowest BCUT2D eigenvalue weighted by molar-refractivity contribution is -0.0837. The van der Waals surface area contributed by atoms with Crippen molar-refractivity contribution in [3.05, 3.63) is 23.8 Å². The number of hydrogen-bond donors (Lipinski definition) is 1. The predicted molar refractivity (Wildman–Crippen MR) is 79.5 cm³/mol. The van der Waals surface area contributed by atoms with Crippen molar-refractivity contribution >= 4 is 6.03 Å². The zero-order valence-electron chi connectivity index (χ0n) is 12.8. The summed E-state index contributed by atoms with van der Waals surface area (Å²) < 4.78 is 11.7. The molecule has 2 aliphatic rings. The minimum atomic E-state index is -0.582. The van der Waals surface area contributed by atoms with Gasteiger partial charge < -0.3 is 14.8 Å². The fourth-order valence-corrected chi connectivity index (χ4v) is 3.21. The van der Waals surface area contributed by atoms with Crippen molar-refractivity contribution < 1.29 is 14.3 Å². The second kappa shape index (κ2) is 5.13. The summed E-state index contributed by atoms with van der Waals surface area (Å²) in [6, 6.07) is 5.80. The second-order valence-electron chi connectivity index (χ2n) is 5.77. The Morgan fingerprint density at radius 2 is 2.29 bits per heavy atom. The fourth-order valence-electron chi connectivity index (χ4n) is 3.21. The number of benzene rings is 1. The van der Waals surface area contributed by atoms with Crippen LogP contribution in [0.3, 0.4) is 0 Å². The molecule has 3 rings (SSSR count). The monoisotopic (exact) mass is 290 g/mol. The van der Waals surface area contributed by atoms with Crippen molar-refractivity contribution in [3.8, 4) is 11.5 Å². The first-order valence-corrected chi connectivity index (χ1v) is 7.61. The molecule has 1 N–H and O–H groups in total. The maximum Gasteiger partial charge on any atom is 0.320 e. The molecular formula is C16H22N2O3. The Kier molecular flexibility index (Phi) is 3.43. The number of hydrogen-bond acceptors (Lipinski definition) is 3. The van der Waals surface area contributed by atoms with Gasteiger partial charge in [-0.2, -0.15) is 0 Å². The van der Waals surface area contributed by atoms with Crippen LogP contribution < -0.4 is 14.8 Å². The van der Waals surface area contributed by atoms with Crippen LogP contribution in [0.4, 0.5) is 4.79 Å². The summed E-state index contributed by atoms with van der Waals surface area (Å²) in [5.41, 5.74) is 0.446. The Bertz CT molecular complexity index is 560. The Labute approximate surface area is 125 Å². The minimum Gasteiger partial charge on any atom is -0.494 e. The quantitative estimate of drug-likeness (QED) is 0.927. The van der Waals surface area contributed by atoms with Gasteiger partial charge in [-0.15, -0.1) is 0 Å².